The van der Waals surface area contributed by atoms with Crippen LogP contribution in [0.15, 0.2) is 0 Å². The summed E-state index contributed by atoms with van der Waals surface area (Å²) in [5.74, 6) is 11.6. The van der Waals surface area contributed by atoms with E-state index in [1.165, 1.54) is 46.0 Å². The maximum atomic E-state index is 2.56. The molecule has 4 rings (SSSR count). The molecule has 4 heterocycles. The van der Waals surface area contributed by atoms with E-state index in [0.717, 1.165) is 21.0 Å². The number of rotatable bonds is 8. The van der Waals surface area contributed by atoms with Crippen molar-refractivity contribution in [2.45, 2.75) is 21.0 Å². The summed E-state index contributed by atoms with van der Waals surface area (Å²) in [4.78, 5) is 0. The fourth-order valence-electron chi connectivity index (χ4n) is 2.11. The Morgan fingerprint density at radius 2 is 0.714 bits per heavy atom. The molecule has 120 valence electrons. The Labute approximate surface area is 160 Å². The van der Waals surface area contributed by atoms with Crippen molar-refractivity contribution in [3.8, 4) is 0 Å². The Morgan fingerprint density at radius 1 is 0.476 bits per heavy atom. The molecule has 0 aromatic heterocycles. The molecule has 0 unspecified atom stereocenters. The molecular formula is C12H20S8Sn. The number of thioether (sulfide) groups is 4. The molecule has 0 aromatic carbocycles. The number of hydrogen-bond donors (Lipinski definition) is 0. The van der Waals surface area contributed by atoms with Gasteiger partial charge in [-0.3, -0.25) is 0 Å². The normalized spacial score (nSPS) is 28.6. The van der Waals surface area contributed by atoms with Crippen molar-refractivity contribution in [3.05, 3.63) is 0 Å². The molecular weight excluding hydrogens is 474 g/mol. The van der Waals surface area contributed by atoms with E-state index in [4.69, 9.17) is 0 Å². The summed E-state index contributed by atoms with van der Waals surface area (Å²) >= 11 is 6.50. The summed E-state index contributed by atoms with van der Waals surface area (Å²) < 4.78 is 0. The molecule has 0 aliphatic carbocycles. The van der Waals surface area contributed by atoms with Crippen LogP contribution >= 0.6 is 82.8 Å². The topological polar surface area (TPSA) is 0 Å². The zero-order chi connectivity index (χ0) is 14.1. The van der Waals surface area contributed by atoms with Crippen LogP contribution < -0.4 is 0 Å². The van der Waals surface area contributed by atoms with Gasteiger partial charge in [-0.25, -0.2) is 0 Å². The molecule has 0 radical (unpaired) electrons. The first-order valence-electron chi connectivity index (χ1n) is 7.33. The Hall–Kier alpha value is 3.60. The zero-order valence-corrected chi connectivity index (χ0v) is 21.1. The van der Waals surface area contributed by atoms with Crippen LogP contribution in [0.4, 0.5) is 0 Å². The number of hydrogen-bond acceptors (Lipinski definition) is 8. The maximum absolute atomic E-state index is 2.56. The quantitative estimate of drug-likeness (QED) is 0.436. The van der Waals surface area contributed by atoms with Gasteiger partial charge in [-0.2, -0.15) is 0 Å². The second-order valence-corrected chi connectivity index (χ2v) is 51.3. The van der Waals surface area contributed by atoms with Crippen LogP contribution in [-0.4, -0.2) is 79.9 Å². The molecule has 0 aromatic rings. The van der Waals surface area contributed by atoms with E-state index in [1.54, 1.807) is 0 Å². The zero-order valence-electron chi connectivity index (χ0n) is 11.7. The Bertz CT molecular complexity index is 284. The molecule has 4 aliphatic rings. The van der Waals surface area contributed by atoms with Crippen LogP contribution in [0.1, 0.15) is 0 Å². The predicted octanol–water partition coefficient (Wildman–Crippen LogP) is 4.82. The molecule has 9 heteroatoms. The van der Waals surface area contributed by atoms with Gasteiger partial charge >= 0.3 is 163 Å². The monoisotopic (exact) mass is 493 g/mol. The van der Waals surface area contributed by atoms with E-state index in [1.807, 2.05) is 0 Å². The molecule has 4 saturated heterocycles. The average Bonchev–Trinajstić information content (AvgIpc) is 2.28. The average molecular weight is 494 g/mol. The third-order valence-electron chi connectivity index (χ3n) is 3.67. The molecule has 21 heavy (non-hydrogen) atoms. The first-order valence-corrected chi connectivity index (χ1v) is 29.5. The van der Waals surface area contributed by atoms with Crippen LogP contribution in [-0.2, 0) is 0 Å². The SMILES string of the molecule is C1SCC1[S][73Sn]([S]C1CSC1)([S]C1CSC1)[S]C1CSC1. The molecule has 0 atom stereocenters. The van der Waals surface area contributed by atoms with Crippen molar-refractivity contribution < 1.29 is 0 Å². The molecule has 4 fully saturated rings. The van der Waals surface area contributed by atoms with Gasteiger partial charge in [-0.05, 0) is 0 Å². The third kappa shape index (κ3) is 4.86. The van der Waals surface area contributed by atoms with E-state index < -0.39 is 12.8 Å². The Kier molecular flexibility index (Phi) is 7.30. The molecule has 4 aliphatic heterocycles. The van der Waals surface area contributed by atoms with E-state index in [2.05, 4.69) is 82.8 Å². The van der Waals surface area contributed by atoms with Crippen LogP contribution in [0.5, 0.6) is 0 Å². The molecule has 0 spiro atoms. The minimum absolute atomic E-state index is 1.02. The summed E-state index contributed by atoms with van der Waals surface area (Å²) in [6.45, 7) is 0. The molecule has 0 saturated carbocycles. The second-order valence-electron chi connectivity index (χ2n) is 5.61. The van der Waals surface area contributed by atoms with Crippen molar-refractivity contribution in [2.75, 3.05) is 46.0 Å². The molecule has 0 bridgehead atoms. The first-order chi connectivity index (χ1) is 10.3. The van der Waals surface area contributed by atoms with Crippen molar-refractivity contribution in [3.63, 3.8) is 0 Å². The van der Waals surface area contributed by atoms with E-state index in [9.17, 15) is 0 Å². The predicted molar refractivity (Wildman–Crippen MR) is 121 cm³/mol. The van der Waals surface area contributed by atoms with Gasteiger partial charge in [0.15, 0.2) is 0 Å². The summed E-state index contributed by atoms with van der Waals surface area (Å²) in [7, 11) is 10.2. The fraction of sp³-hybridized carbons (Fsp3) is 1.00. The van der Waals surface area contributed by atoms with Crippen molar-refractivity contribution in [2.24, 2.45) is 0 Å². The Balaban J connectivity index is 1.45. The van der Waals surface area contributed by atoms with Crippen LogP contribution in [0.2, 0.25) is 0 Å². The van der Waals surface area contributed by atoms with Gasteiger partial charge in [0.05, 0.1) is 0 Å². The van der Waals surface area contributed by atoms with Crippen molar-refractivity contribution in [1.82, 2.24) is 0 Å². The van der Waals surface area contributed by atoms with Gasteiger partial charge in [-0.15, -0.1) is 0 Å². The van der Waals surface area contributed by atoms with Crippen molar-refractivity contribution >= 4 is 95.7 Å². The molecule has 0 nitrogen and oxygen atoms in total. The van der Waals surface area contributed by atoms with Gasteiger partial charge in [0.2, 0.25) is 0 Å². The third-order valence-corrected chi connectivity index (χ3v) is 58.8. The summed E-state index contributed by atoms with van der Waals surface area (Å²) in [6, 6.07) is 0. The Morgan fingerprint density at radius 3 is 0.857 bits per heavy atom. The van der Waals surface area contributed by atoms with Crippen LogP contribution in [0, 0.1) is 0 Å². The van der Waals surface area contributed by atoms with E-state index in [-0.39, 0.29) is 0 Å². The molecule has 0 amide bonds. The van der Waals surface area contributed by atoms with Crippen molar-refractivity contribution in [1.29, 1.82) is 0 Å². The van der Waals surface area contributed by atoms with Gasteiger partial charge in [0.1, 0.15) is 0 Å². The summed E-state index contributed by atoms with van der Waals surface area (Å²) in [5, 5.41) is 4.08. The van der Waals surface area contributed by atoms with Crippen LogP contribution in [0.25, 0.3) is 0 Å². The van der Waals surface area contributed by atoms with Gasteiger partial charge in [0, 0.05) is 0 Å². The first kappa shape index (κ1) is 18.0. The van der Waals surface area contributed by atoms with E-state index in [0.29, 0.717) is 0 Å². The van der Waals surface area contributed by atoms with Gasteiger partial charge < -0.3 is 0 Å². The molecule has 0 N–H and O–H groups in total. The standard InChI is InChI=1S/4C3H6S2.Sn/c4*4-3-1-5-2-3;/h4*3-4H,1-2H2;/q;;;;+4/p-4/i;;;;1-46. The fourth-order valence-corrected chi connectivity index (χ4v) is 80.7. The van der Waals surface area contributed by atoms with Gasteiger partial charge in [0.25, 0.3) is 0 Å². The van der Waals surface area contributed by atoms with Crippen LogP contribution in [0.3, 0.4) is 0 Å². The van der Waals surface area contributed by atoms with Gasteiger partial charge in [-0.1, -0.05) is 0 Å². The summed E-state index contributed by atoms with van der Waals surface area (Å²) in [6.07, 6.45) is 0. The van der Waals surface area contributed by atoms with E-state index >= 15 is 0 Å². The second kappa shape index (κ2) is 8.53. The minimum atomic E-state index is -2.20. The summed E-state index contributed by atoms with van der Waals surface area (Å²) in [5.41, 5.74) is 0.